The van der Waals surface area contributed by atoms with Crippen molar-refractivity contribution in [3.8, 4) is 0 Å². The largest absolute Gasteiger partial charge is 0.319 e. The van der Waals surface area contributed by atoms with Crippen LogP contribution in [0, 0.1) is 0 Å². The summed E-state index contributed by atoms with van der Waals surface area (Å²) < 4.78 is 0. The van der Waals surface area contributed by atoms with Crippen molar-refractivity contribution in [2.24, 2.45) is 5.73 Å². The molecule has 0 radical (unpaired) electrons. The molecule has 1 unspecified atom stereocenters. The van der Waals surface area contributed by atoms with Crippen LogP contribution >= 0.6 is 0 Å². The molecule has 0 aliphatic heterocycles. The predicted octanol–water partition coefficient (Wildman–Crippen LogP) is 4.52. The zero-order valence-electron chi connectivity index (χ0n) is 11.9. The first-order valence-electron chi connectivity index (χ1n) is 7.64. The van der Waals surface area contributed by atoms with Crippen LogP contribution in [0.1, 0.15) is 50.3 Å². The lowest BCUT2D eigenvalue weighted by Crippen LogP contribution is -2.16. The molecule has 0 bridgehead atoms. The van der Waals surface area contributed by atoms with E-state index in [9.17, 15) is 0 Å². The van der Waals surface area contributed by atoms with Gasteiger partial charge in [-0.25, -0.2) is 0 Å². The van der Waals surface area contributed by atoms with Crippen molar-refractivity contribution in [2.75, 3.05) is 0 Å². The third-order valence-corrected chi connectivity index (χ3v) is 4.22. The number of aromatic nitrogens is 1. The summed E-state index contributed by atoms with van der Waals surface area (Å²) in [5.74, 6) is 0. The molecule has 0 spiro atoms. The van der Waals surface area contributed by atoms with Crippen molar-refractivity contribution in [3.05, 3.63) is 53.9 Å². The molecular weight excluding hydrogens is 244 g/mol. The van der Waals surface area contributed by atoms with E-state index in [1.54, 1.807) is 0 Å². The number of pyridine rings is 1. The monoisotopic (exact) mass is 266 g/mol. The van der Waals surface area contributed by atoms with Gasteiger partial charge < -0.3 is 5.73 Å². The average Bonchev–Trinajstić information content (AvgIpc) is 2.46. The highest BCUT2D eigenvalue weighted by Gasteiger charge is 2.16. The SMILES string of the molecule is NC(/C1=C/CCCCCC1)c1nccc2ccccc12. The van der Waals surface area contributed by atoms with E-state index in [0.29, 0.717) is 0 Å². The highest BCUT2D eigenvalue weighted by atomic mass is 14.8. The Morgan fingerprint density at radius 2 is 1.85 bits per heavy atom. The van der Waals surface area contributed by atoms with Gasteiger partial charge in [-0.15, -0.1) is 0 Å². The molecule has 104 valence electrons. The molecule has 2 heteroatoms. The lowest BCUT2D eigenvalue weighted by molar-refractivity contribution is 0.600. The Labute approximate surface area is 120 Å². The summed E-state index contributed by atoms with van der Waals surface area (Å²) in [5.41, 5.74) is 8.92. The van der Waals surface area contributed by atoms with Crippen molar-refractivity contribution in [2.45, 2.75) is 44.6 Å². The van der Waals surface area contributed by atoms with Gasteiger partial charge in [0.05, 0.1) is 11.7 Å². The highest BCUT2D eigenvalue weighted by molar-refractivity contribution is 5.84. The molecular formula is C18H22N2. The molecule has 20 heavy (non-hydrogen) atoms. The normalized spacial score (nSPS) is 20.8. The van der Waals surface area contributed by atoms with E-state index in [-0.39, 0.29) is 6.04 Å². The maximum atomic E-state index is 6.53. The number of nitrogens with zero attached hydrogens (tertiary/aromatic N) is 1. The van der Waals surface area contributed by atoms with Crippen LogP contribution in [0.5, 0.6) is 0 Å². The molecule has 0 fully saturated rings. The van der Waals surface area contributed by atoms with Gasteiger partial charge in [-0.2, -0.15) is 0 Å². The quantitative estimate of drug-likeness (QED) is 0.812. The standard InChI is InChI=1S/C18H22N2/c19-17(15-9-4-2-1-3-5-10-15)18-16-11-7-6-8-14(16)12-13-20-18/h6-9,11-13,17H,1-5,10,19H2/b15-9+. The first-order valence-corrected chi connectivity index (χ1v) is 7.64. The number of allylic oxidation sites excluding steroid dienone is 1. The van der Waals surface area contributed by atoms with Gasteiger partial charge in [0.15, 0.2) is 0 Å². The van der Waals surface area contributed by atoms with Crippen LogP contribution in [0.25, 0.3) is 10.8 Å². The van der Waals surface area contributed by atoms with Gasteiger partial charge in [-0.1, -0.05) is 48.8 Å². The van der Waals surface area contributed by atoms with Gasteiger partial charge in [0.25, 0.3) is 0 Å². The average molecular weight is 266 g/mol. The van der Waals surface area contributed by atoms with Crippen molar-refractivity contribution in [1.82, 2.24) is 4.98 Å². The Balaban J connectivity index is 1.97. The van der Waals surface area contributed by atoms with E-state index in [1.807, 2.05) is 6.20 Å². The molecule has 0 amide bonds. The summed E-state index contributed by atoms with van der Waals surface area (Å²) in [7, 11) is 0. The fourth-order valence-corrected chi connectivity index (χ4v) is 3.07. The Hall–Kier alpha value is -1.67. The van der Waals surface area contributed by atoms with E-state index in [0.717, 1.165) is 18.5 Å². The third kappa shape index (κ3) is 2.75. The van der Waals surface area contributed by atoms with Gasteiger partial charge in [-0.05, 0) is 37.1 Å². The van der Waals surface area contributed by atoms with Gasteiger partial charge in [0, 0.05) is 11.6 Å². The van der Waals surface area contributed by atoms with Crippen molar-refractivity contribution >= 4 is 10.8 Å². The van der Waals surface area contributed by atoms with Crippen LogP contribution in [-0.2, 0) is 0 Å². The second-order valence-corrected chi connectivity index (χ2v) is 5.63. The van der Waals surface area contributed by atoms with Crippen molar-refractivity contribution < 1.29 is 0 Å². The van der Waals surface area contributed by atoms with Gasteiger partial charge in [0.1, 0.15) is 0 Å². The van der Waals surface area contributed by atoms with Crippen molar-refractivity contribution in [3.63, 3.8) is 0 Å². The summed E-state index contributed by atoms with van der Waals surface area (Å²) in [4.78, 5) is 4.57. The minimum Gasteiger partial charge on any atom is -0.319 e. The predicted molar refractivity (Wildman–Crippen MR) is 84.5 cm³/mol. The first kappa shape index (κ1) is 13.3. The molecule has 1 heterocycles. The molecule has 2 nitrogen and oxygen atoms in total. The van der Waals surface area contributed by atoms with E-state index in [1.165, 1.54) is 42.0 Å². The zero-order chi connectivity index (χ0) is 13.8. The lowest BCUT2D eigenvalue weighted by atomic mass is 9.92. The second kappa shape index (κ2) is 6.19. The topological polar surface area (TPSA) is 38.9 Å². The number of nitrogens with two attached hydrogens (primary N) is 1. The molecule has 1 aromatic heterocycles. The molecule has 0 saturated carbocycles. The van der Waals surface area contributed by atoms with Gasteiger partial charge in [-0.3, -0.25) is 4.98 Å². The molecule has 1 aliphatic rings. The lowest BCUT2D eigenvalue weighted by Gasteiger charge is -2.19. The molecule has 2 aromatic rings. The smallest absolute Gasteiger partial charge is 0.0692 e. The molecule has 1 aromatic carbocycles. The van der Waals surface area contributed by atoms with E-state index >= 15 is 0 Å². The summed E-state index contributed by atoms with van der Waals surface area (Å²) in [6.45, 7) is 0. The van der Waals surface area contributed by atoms with Crippen LogP contribution in [0.3, 0.4) is 0 Å². The highest BCUT2D eigenvalue weighted by Crippen LogP contribution is 2.29. The van der Waals surface area contributed by atoms with Crippen LogP contribution in [0.15, 0.2) is 48.2 Å². The third-order valence-electron chi connectivity index (χ3n) is 4.22. The summed E-state index contributed by atoms with van der Waals surface area (Å²) in [5, 5.41) is 2.41. The van der Waals surface area contributed by atoms with Gasteiger partial charge in [0.2, 0.25) is 0 Å². The Morgan fingerprint density at radius 1 is 1.00 bits per heavy atom. The fraction of sp³-hybridized carbons (Fsp3) is 0.389. The summed E-state index contributed by atoms with van der Waals surface area (Å²) in [6, 6.07) is 10.4. The Morgan fingerprint density at radius 3 is 2.80 bits per heavy atom. The maximum Gasteiger partial charge on any atom is 0.0692 e. The first-order chi connectivity index (χ1) is 9.86. The van der Waals surface area contributed by atoms with Gasteiger partial charge >= 0.3 is 0 Å². The number of fused-ring (bicyclic) bond motifs is 1. The maximum absolute atomic E-state index is 6.53. The molecule has 0 saturated heterocycles. The molecule has 2 N–H and O–H groups in total. The van der Waals surface area contributed by atoms with E-state index in [4.69, 9.17) is 5.73 Å². The molecule has 3 rings (SSSR count). The van der Waals surface area contributed by atoms with E-state index < -0.39 is 0 Å². The minimum absolute atomic E-state index is 0.0563. The van der Waals surface area contributed by atoms with Crippen LogP contribution in [-0.4, -0.2) is 4.98 Å². The van der Waals surface area contributed by atoms with Crippen LogP contribution in [0.2, 0.25) is 0 Å². The number of rotatable bonds is 2. The number of benzene rings is 1. The van der Waals surface area contributed by atoms with Crippen molar-refractivity contribution in [1.29, 1.82) is 0 Å². The second-order valence-electron chi connectivity index (χ2n) is 5.63. The Kier molecular flexibility index (Phi) is 4.12. The fourth-order valence-electron chi connectivity index (χ4n) is 3.07. The van der Waals surface area contributed by atoms with E-state index in [2.05, 4.69) is 41.4 Å². The molecule has 1 atom stereocenters. The molecule has 1 aliphatic carbocycles. The Bertz CT molecular complexity index is 610. The number of hydrogen-bond donors (Lipinski definition) is 1. The van der Waals surface area contributed by atoms with Crippen LogP contribution < -0.4 is 5.73 Å². The summed E-state index contributed by atoms with van der Waals surface area (Å²) >= 11 is 0. The summed E-state index contributed by atoms with van der Waals surface area (Å²) in [6.07, 6.45) is 11.7. The number of hydrogen-bond acceptors (Lipinski definition) is 2. The minimum atomic E-state index is -0.0563. The zero-order valence-corrected chi connectivity index (χ0v) is 11.9. The van der Waals surface area contributed by atoms with Crippen LogP contribution in [0.4, 0.5) is 0 Å².